The van der Waals surface area contributed by atoms with Gasteiger partial charge in [-0.25, -0.2) is 0 Å². The molecule has 0 N–H and O–H groups in total. The van der Waals surface area contributed by atoms with Crippen LogP contribution in [0.5, 0.6) is 0 Å². The molecule has 0 aliphatic carbocycles. The molecular formula is C9H8S2. The summed E-state index contributed by atoms with van der Waals surface area (Å²) in [5, 5.41) is 8.05. The van der Waals surface area contributed by atoms with Gasteiger partial charge in [0, 0.05) is 15.5 Å². The van der Waals surface area contributed by atoms with Crippen LogP contribution in [0.2, 0.25) is 0 Å². The van der Waals surface area contributed by atoms with E-state index in [1.165, 1.54) is 15.6 Å². The van der Waals surface area contributed by atoms with Gasteiger partial charge in [-0.05, 0) is 22.7 Å². The van der Waals surface area contributed by atoms with Crippen LogP contribution in [0, 0.1) is 0 Å². The van der Waals surface area contributed by atoms with Crippen molar-refractivity contribution in [1.29, 1.82) is 0 Å². The molecule has 0 nitrogen and oxygen atoms in total. The Bertz CT molecular complexity index is 367. The first-order chi connectivity index (χ1) is 5.42. The number of fused-ring (bicyclic) bond motifs is 1. The normalized spacial score (nSPS) is 10.5. The molecule has 0 radical (unpaired) electrons. The van der Waals surface area contributed by atoms with Crippen LogP contribution in [-0.4, -0.2) is 0 Å². The van der Waals surface area contributed by atoms with Crippen LogP contribution in [-0.2, 0) is 6.42 Å². The van der Waals surface area contributed by atoms with Gasteiger partial charge in [-0.1, -0.05) is 6.08 Å². The molecule has 2 aromatic heterocycles. The average Bonchev–Trinajstić information content (AvgIpc) is 2.53. The molecule has 0 fully saturated rings. The molecule has 2 heteroatoms. The Hall–Kier alpha value is -0.600. The molecule has 2 aromatic rings. The average molecular weight is 180 g/mol. The lowest BCUT2D eigenvalue weighted by Gasteiger charge is -1.86. The monoisotopic (exact) mass is 180 g/mol. The van der Waals surface area contributed by atoms with E-state index >= 15 is 0 Å². The molecule has 0 atom stereocenters. The topological polar surface area (TPSA) is 0 Å². The molecule has 0 amide bonds. The summed E-state index contributed by atoms with van der Waals surface area (Å²) < 4.78 is 1.41. The number of thiophene rings is 2. The van der Waals surface area contributed by atoms with Crippen molar-refractivity contribution in [3.8, 4) is 0 Å². The van der Waals surface area contributed by atoms with Crippen LogP contribution < -0.4 is 0 Å². The number of allylic oxidation sites excluding steroid dienone is 1. The third kappa shape index (κ3) is 1.12. The maximum Gasteiger partial charge on any atom is 0.0452 e. The Kier molecular flexibility index (Phi) is 1.80. The first-order valence-electron chi connectivity index (χ1n) is 3.45. The van der Waals surface area contributed by atoms with Crippen molar-refractivity contribution in [2.75, 3.05) is 0 Å². The van der Waals surface area contributed by atoms with E-state index in [2.05, 4.69) is 22.7 Å². The highest BCUT2D eigenvalue weighted by Crippen LogP contribution is 2.29. The molecule has 2 heterocycles. The smallest absolute Gasteiger partial charge is 0.0452 e. The lowest BCUT2D eigenvalue weighted by atomic mass is 10.2. The largest absolute Gasteiger partial charge is 0.150 e. The number of hydrogen-bond donors (Lipinski definition) is 0. The van der Waals surface area contributed by atoms with Crippen molar-refractivity contribution in [3.05, 3.63) is 34.4 Å². The second-order valence-electron chi connectivity index (χ2n) is 2.40. The number of hydrogen-bond acceptors (Lipinski definition) is 2. The Morgan fingerprint density at radius 3 is 3.09 bits per heavy atom. The summed E-state index contributed by atoms with van der Waals surface area (Å²) in [5.74, 6) is 0. The van der Waals surface area contributed by atoms with Crippen LogP contribution >= 0.6 is 22.7 Å². The number of rotatable bonds is 2. The molecule has 0 spiro atoms. The second-order valence-corrected chi connectivity index (χ2v) is 4.06. The van der Waals surface area contributed by atoms with E-state index in [0.717, 1.165) is 6.42 Å². The van der Waals surface area contributed by atoms with Gasteiger partial charge >= 0.3 is 0 Å². The van der Waals surface area contributed by atoms with E-state index in [-0.39, 0.29) is 0 Å². The summed E-state index contributed by atoms with van der Waals surface area (Å²) in [6.07, 6.45) is 2.95. The Morgan fingerprint density at radius 1 is 1.36 bits per heavy atom. The zero-order valence-electron chi connectivity index (χ0n) is 6.04. The fourth-order valence-electron chi connectivity index (χ4n) is 1.12. The second kappa shape index (κ2) is 2.80. The highest BCUT2D eigenvalue weighted by atomic mass is 32.1. The van der Waals surface area contributed by atoms with Gasteiger partial charge < -0.3 is 0 Å². The highest BCUT2D eigenvalue weighted by molar-refractivity contribution is 7.21. The summed E-state index contributed by atoms with van der Waals surface area (Å²) in [4.78, 5) is 0. The molecule has 0 saturated heterocycles. The third-order valence-corrected chi connectivity index (χ3v) is 3.55. The first kappa shape index (κ1) is 7.07. The quantitative estimate of drug-likeness (QED) is 0.618. The van der Waals surface area contributed by atoms with E-state index in [4.69, 9.17) is 0 Å². The van der Waals surface area contributed by atoms with Gasteiger partial charge in [-0.15, -0.1) is 17.9 Å². The minimum Gasteiger partial charge on any atom is -0.150 e. The zero-order chi connectivity index (χ0) is 7.68. The fourth-order valence-corrected chi connectivity index (χ4v) is 3.13. The molecule has 0 aliphatic rings. The molecule has 0 aromatic carbocycles. The molecule has 0 unspecified atom stereocenters. The summed E-state index contributed by atoms with van der Waals surface area (Å²) in [6, 6.07) is 0. The van der Waals surface area contributed by atoms with Gasteiger partial charge in [0.2, 0.25) is 0 Å². The van der Waals surface area contributed by atoms with Gasteiger partial charge in [0.05, 0.1) is 0 Å². The van der Waals surface area contributed by atoms with Crippen molar-refractivity contribution in [3.63, 3.8) is 0 Å². The van der Waals surface area contributed by atoms with Crippen LogP contribution in [0.25, 0.3) is 10.1 Å². The third-order valence-electron chi connectivity index (χ3n) is 1.66. The molecule has 56 valence electrons. The maximum absolute atomic E-state index is 3.73. The Balaban J connectivity index is 2.59. The van der Waals surface area contributed by atoms with Gasteiger partial charge in [0.15, 0.2) is 0 Å². The first-order valence-corrected chi connectivity index (χ1v) is 5.27. The van der Waals surface area contributed by atoms with Gasteiger partial charge in [0.1, 0.15) is 0 Å². The summed E-state index contributed by atoms with van der Waals surface area (Å²) in [6.45, 7) is 3.73. The molecule has 11 heavy (non-hydrogen) atoms. The van der Waals surface area contributed by atoms with Crippen LogP contribution in [0.15, 0.2) is 28.8 Å². The lowest BCUT2D eigenvalue weighted by molar-refractivity contribution is 1.33. The summed E-state index contributed by atoms with van der Waals surface area (Å²) in [7, 11) is 0. The predicted molar refractivity (Wildman–Crippen MR) is 53.6 cm³/mol. The van der Waals surface area contributed by atoms with E-state index in [1.54, 1.807) is 11.3 Å². The van der Waals surface area contributed by atoms with E-state index in [1.807, 2.05) is 17.4 Å². The standard InChI is InChI=1S/C9H8S2/c1-2-3-7-4-11-9-6-10-5-8(7)9/h2,4-6H,1,3H2. The maximum atomic E-state index is 3.73. The minimum absolute atomic E-state index is 0.997. The predicted octanol–water partition coefficient (Wildman–Crippen LogP) is 3.69. The molecule has 2 rings (SSSR count). The highest BCUT2D eigenvalue weighted by Gasteiger charge is 2.01. The van der Waals surface area contributed by atoms with E-state index in [9.17, 15) is 0 Å². The molecule has 0 aliphatic heterocycles. The van der Waals surface area contributed by atoms with Crippen molar-refractivity contribution >= 4 is 32.8 Å². The van der Waals surface area contributed by atoms with Gasteiger partial charge in [0.25, 0.3) is 0 Å². The Morgan fingerprint density at radius 2 is 2.27 bits per heavy atom. The Labute approximate surface area is 73.8 Å². The van der Waals surface area contributed by atoms with E-state index < -0.39 is 0 Å². The van der Waals surface area contributed by atoms with Crippen molar-refractivity contribution in [2.24, 2.45) is 0 Å². The van der Waals surface area contributed by atoms with Crippen molar-refractivity contribution < 1.29 is 0 Å². The van der Waals surface area contributed by atoms with Crippen LogP contribution in [0.4, 0.5) is 0 Å². The van der Waals surface area contributed by atoms with Gasteiger partial charge in [-0.2, -0.15) is 11.3 Å². The summed E-state index contributed by atoms with van der Waals surface area (Å²) >= 11 is 3.60. The summed E-state index contributed by atoms with van der Waals surface area (Å²) in [5.41, 5.74) is 1.42. The molecule has 0 bridgehead atoms. The van der Waals surface area contributed by atoms with Crippen LogP contribution in [0.1, 0.15) is 5.56 Å². The molecule has 0 saturated carbocycles. The molecular weight excluding hydrogens is 172 g/mol. The SMILES string of the molecule is C=CCc1csc2cscc12. The lowest BCUT2D eigenvalue weighted by Crippen LogP contribution is -1.72. The van der Waals surface area contributed by atoms with Crippen molar-refractivity contribution in [1.82, 2.24) is 0 Å². The minimum atomic E-state index is 0.997. The van der Waals surface area contributed by atoms with Crippen LogP contribution in [0.3, 0.4) is 0 Å². The zero-order valence-corrected chi connectivity index (χ0v) is 7.67. The van der Waals surface area contributed by atoms with E-state index in [0.29, 0.717) is 0 Å². The van der Waals surface area contributed by atoms with Gasteiger partial charge in [-0.3, -0.25) is 0 Å². The fraction of sp³-hybridized carbons (Fsp3) is 0.111. The van der Waals surface area contributed by atoms with Crippen molar-refractivity contribution in [2.45, 2.75) is 6.42 Å².